The van der Waals surface area contributed by atoms with Gasteiger partial charge in [0.15, 0.2) is 18.5 Å². The molecule has 0 spiro atoms. The first-order valence-electron chi connectivity index (χ1n) is 8.14. The molecule has 0 aliphatic heterocycles. The zero-order valence-electron chi connectivity index (χ0n) is 14.1. The number of hydrogen-bond donors (Lipinski definition) is 0. The van der Waals surface area contributed by atoms with Crippen molar-refractivity contribution in [3.8, 4) is 5.75 Å². The standard InChI is InChI=1S/C21H17ClO4/c1-14(26-20-8-4-6-15-5-2-3-7-18(15)20)21(24)25-13-19(23)16-9-11-17(22)12-10-16/h2-12,14H,13H2,1H3/t14-/m1/s1. The van der Waals surface area contributed by atoms with Gasteiger partial charge in [-0.2, -0.15) is 0 Å². The van der Waals surface area contributed by atoms with Gasteiger partial charge < -0.3 is 9.47 Å². The van der Waals surface area contributed by atoms with E-state index in [1.54, 1.807) is 37.3 Å². The summed E-state index contributed by atoms with van der Waals surface area (Å²) in [6.07, 6.45) is -0.834. The van der Waals surface area contributed by atoms with Crippen LogP contribution >= 0.6 is 11.6 Å². The molecule has 0 saturated heterocycles. The first-order chi connectivity index (χ1) is 12.5. The molecule has 1 atom stereocenters. The monoisotopic (exact) mass is 368 g/mol. The average Bonchev–Trinajstić information content (AvgIpc) is 2.66. The molecule has 3 rings (SSSR count). The third-order valence-electron chi connectivity index (χ3n) is 3.90. The molecule has 132 valence electrons. The molecule has 0 saturated carbocycles. The first kappa shape index (κ1) is 18.0. The summed E-state index contributed by atoms with van der Waals surface area (Å²) in [6.45, 7) is 1.25. The van der Waals surface area contributed by atoms with Crippen LogP contribution in [0, 0.1) is 0 Å². The summed E-state index contributed by atoms with van der Waals surface area (Å²) in [7, 11) is 0. The van der Waals surface area contributed by atoms with Gasteiger partial charge >= 0.3 is 5.97 Å². The molecular formula is C21H17ClO4. The molecule has 0 aromatic heterocycles. The molecule has 0 fully saturated rings. The summed E-state index contributed by atoms with van der Waals surface area (Å²) in [5, 5.41) is 2.46. The number of halogens is 1. The highest BCUT2D eigenvalue weighted by molar-refractivity contribution is 6.30. The molecule has 0 bridgehead atoms. The number of benzene rings is 3. The maximum atomic E-state index is 12.2. The summed E-state index contributed by atoms with van der Waals surface area (Å²) >= 11 is 5.79. The maximum absolute atomic E-state index is 12.2. The van der Waals surface area contributed by atoms with Crippen molar-refractivity contribution in [2.75, 3.05) is 6.61 Å². The van der Waals surface area contributed by atoms with Crippen molar-refractivity contribution in [1.29, 1.82) is 0 Å². The minimum absolute atomic E-state index is 0.299. The SMILES string of the molecule is C[C@@H](Oc1cccc2ccccc12)C(=O)OCC(=O)c1ccc(Cl)cc1. The number of esters is 1. The molecule has 5 heteroatoms. The van der Waals surface area contributed by atoms with Gasteiger partial charge in [-0.05, 0) is 42.6 Å². The highest BCUT2D eigenvalue weighted by atomic mass is 35.5. The second kappa shape index (κ2) is 8.02. The molecular weight excluding hydrogens is 352 g/mol. The van der Waals surface area contributed by atoms with E-state index in [9.17, 15) is 9.59 Å². The fourth-order valence-corrected chi connectivity index (χ4v) is 2.64. The number of carbonyl (C=O) groups is 2. The molecule has 26 heavy (non-hydrogen) atoms. The Hall–Kier alpha value is -2.85. The van der Waals surface area contributed by atoms with Gasteiger partial charge in [0.1, 0.15) is 5.75 Å². The van der Waals surface area contributed by atoms with E-state index in [1.807, 2.05) is 36.4 Å². The smallest absolute Gasteiger partial charge is 0.347 e. The zero-order chi connectivity index (χ0) is 18.5. The van der Waals surface area contributed by atoms with Gasteiger partial charge in [0, 0.05) is 16.0 Å². The fourth-order valence-electron chi connectivity index (χ4n) is 2.51. The number of Topliss-reactive ketones (excluding diaryl/α,β-unsaturated/α-hetero) is 1. The summed E-state index contributed by atoms with van der Waals surface area (Å²) in [6, 6.07) is 19.8. The van der Waals surface area contributed by atoms with Crippen molar-refractivity contribution in [3.05, 3.63) is 77.3 Å². The molecule has 0 amide bonds. The van der Waals surface area contributed by atoms with E-state index >= 15 is 0 Å². The Kier molecular flexibility index (Phi) is 5.54. The van der Waals surface area contributed by atoms with Gasteiger partial charge in [-0.15, -0.1) is 0 Å². The lowest BCUT2D eigenvalue weighted by Crippen LogP contribution is -2.28. The Morgan fingerprint density at radius 1 is 0.962 bits per heavy atom. The van der Waals surface area contributed by atoms with Crippen molar-refractivity contribution in [3.63, 3.8) is 0 Å². The van der Waals surface area contributed by atoms with Gasteiger partial charge in [0.25, 0.3) is 0 Å². The van der Waals surface area contributed by atoms with E-state index in [1.165, 1.54) is 0 Å². The van der Waals surface area contributed by atoms with Crippen LogP contribution in [0.3, 0.4) is 0 Å². The van der Waals surface area contributed by atoms with Crippen LogP contribution in [0.4, 0.5) is 0 Å². The van der Waals surface area contributed by atoms with Crippen molar-refractivity contribution in [2.24, 2.45) is 0 Å². The van der Waals surface area contributed by atoms with Crippen molar-refractivity contribution >= 4 is 34.1 Å². The highest BCUT2D eigenvalue weighted by Crippen LogP contribution is 2.26. The number of ketones is 1. The summed E-state index contributed by atoms with van der Waals surface area (Å²) in [5.41, 5.74) is 0.435. The second-order valence-electron chi connectivity index (χ2n) is 5.78. The van der Waals surface area contributed by atoms with Crippen molar-refractivity contribution in [1.82, 2.24) is 0 Å². The minimum atomic E-state index is -0.834. The molecule has 0 heterocycles. The second-order valence-corrected chi connectivity index (χ2v) is 6.21. The lowest BCUT2D eigenvalue weighted by molar-refractivity contribution is -0.149. The van der Waals surface area contributed by atoms with Gasteiger partial charge in [0.2, 0.25) is 0 Å². The quantitative estimate of drug-likeness (QED) is 0.468. The van der Waals surface area contributed by atoms with Crippen LogP contribution in [-0.4, -0.2) is 24.5 Å². The average molecular weight is 369 g/mol. The number of ether oxygens (including phenoxy) is 2. The van der Waals surface area contributed by atoms with Crippen LogP contribution in [0.1, 0.15) is 17.3 Å². The van der Waals surface area contributed by atoms with Crippen LogP contribution in [-0.2, 0) is 9.53 Å². The zero-order valence-corrected chi connectivity index (χ0v) is 14.9. The Morgan fingerprint density at radius 3 is 2.42 bits per heavy atom. The Balaban J connectivity index is 1.61. The molecule has 0 aliphatic rings. The van der Waals surface area contributed by atoms with E-state index in [0.717, 1.165) is 10.8 Å². The normalized spacial score (nSPS) is 11.8. The van der Waals surface area contributed by atoms with E-state index in [2.05, 4.69) is 0 Å². The van der Waals surface area contributed by atoms with E-state index in [4.69, 9.17) is 21.1 Å². The Morgan fingerprint density at radius 2 is 1.65 bits per heavy atom. The fraction of sp³-hybridized carbons (Fsp3) is 0.143. The summed E-state index contributed by atoms with van der Waals surface area (Å²) in [5.74, 6) is -0.302. The van der Waals surface area contributed by atoms with E-state index < -0.39 is 12.1 Å². The molecule has 3 aromatic carbocycles. The van der Waals surface area contributed by atoms with Crippen LogP contribution < -0.4 is 4.74 Å². The number of carbonyl (C=O) groups excluding carboxylic acids is 2. The molecule has 0 aliphatic carbocycles. The number of hydrogen-bond acceptors (Lipinski definition) is 4. The van der Waals surface area contributed by atoms with E-state index in [-0.39, 0.29) is 12.4 Å². The van der Waals surface area contributed by atoms with Crippen LogP contribution in [0.5, 0.6) is 5.75 Å². The van der Waals surface area contributed by atoms with E-state index in [0.29, 0.717) is 16.3 Å². The lowest BCUT2D eigenvalue weighted by Gasteiger charge is -2.15. The minimum Gasteiger partial charge on any atom is -0.478 e. The van der Waals surface area contributed by atoms with Crippen LogP contribution in [0.25, 0.3) is 10.8 Å². The molecule has 0 radical (unpaired) electrons. The Bertz CT molecular complexity index is 929. The number of rotatable bonds is 6. The van der Waals surface area contributed by atoms with Crippen LogP contribution in [0.15, 0.2) is 66.7 Å². The highest BCUT2D eigenvalue weighted by Gasteiger charge is 2.19. The van der Waals surface area contributed by atoms with Gasteiger partial charge in [-0.25, -0.2) is 4.79 Å². The van der Waals surface area contributed by atoms with Crippen molar-refractivity contribution < 1.29 is 19.1 Å². The maximum Gasteiger partial charge on any atom is 0.347 e. The topological polar surface area (TPSA) is 52.6 Å². The molecule has 3 aromatic rings. The summed E-state index contributed by atoms with van der Waals surface area (Å²) in [4.78, 5) is 24.2. The Labute approximate surface area is 156 Å². The van der Waals surface area contributed by atoms with Gasteiger partial charge in [0.05, 0.1) is 0 Å². The van der Waals surface area contributed by atoms with Crippen LogP contribution in [0.2, 0.25) is 5.02 Å². The lowest BCUT2D eigenvalue weighted by atomic mass is 10.1. The molecule has 4 nitrogen and oxygen atoms in total. The molecule has 0 N–H and O–H groups in total. The first-order valence-corrected chi connectivity index (χ1v) is 8.52. The van der Waals surface area contributed by atoms with Gasteiger partial charge in [-0.3, -0.25) is 4.79 Å². The summed E-state index contributed by atoms with van der Waals surface area (Å²) < 4.78 is 10.8. The predicted molar refractivity (Wildman–Crippen MR) is 101 cm³/mol. The largest absolute Gasteiger partial charge is 0.478 e. The predicted octanol–water partition coefficient (Wildman–Crippen LogP) is 4.69. The third-order valence-corrected chi connectivity index (χ3v) is 4.15. The van der Waals surface area contributed by atoms with Gasteiger partial charge in [-0.1, -0.05) is 48.0 Å². The molecule has 0 unspecified atom stereocenters. The number of fused-ring (bicyclic) bond motifs is 1. The van der Waals surface area contributed by atoms with Crippen molar-refractivity contribution in [2.45, 2.75) is 13.0 Å². The third kappa shape index (κ3) is 4.21.